The van der Waals surface area contributed by atoms with Crippen molar-refractivity contribution in [3.05, 3.63) is 30.0 Å². The summed E-state index contributed by atoms with van der Waals surface area (Å²) in [6.07, 6.45) is 6.90. The number of aromatic amines is 1. The molecular formula is C25H37N5O. The minimum Gasteiger partial charge on any atom is -0.364 e. The Bertz CT molecular complexity index is 1060. The van der Waals surface area contributed by atoms with Crippen LogP contribution in [0.5, 0.6) is 0 Å². The average molecular weight is 424 g/mol. The van der Waals surface area contributed by atoms with Crippen LogP contribution < -0.4 is 5.32 Å². The fourth-order valence-corrected chi connectivity index (χ4v) is 4.39. The number of aryl methyl sites for hydroxylation is 1. The first kappa shape index (κ1) is 23.0. The molecule has 1 aromatic carbocycles. The summed E-state index contributed by atoms with van der Waals surface area (Å²) in [6.45, 7) is 12.9. The van der Waals surface area contributed by atoms with Gasteiger partial charge in [-0.3, -0.25) is 4.79 Å². The number of rotatable bonds is 10. The molecule has 168 valence electrons. The summed E-state index contributed by atoms with van der Waals surface area (Å²) < 4.78 is 1.98. The molecule has 0 fully saturated rings. The number of fused-ring (bicyclic) bond motifs is 1. The second kappa shape index (κ2) is 8.85. The fourth-order valence-electron chi connectivity index (χ4n) is 4.39. The van der Waals surface area contributed by atoms with Gasteiger partial charge in [-0.05, 0) is 51.3 Å². The minimum atomic E-state index is -0.323. The van der Waals surface area contributed by atoms with Gasteiger partial charge >= 0.3 is 0 Å². The van der Waals surface area contributed by atoms with Crippen LogP contribution in [-0.4, -0.2) is 30.8 Å². The summed E-state index contributed by atoms with van der Waals surface area (Å²) in [7, 11) is 1.97. The number of ketones is 1. The van der Waals surface area contributed by atoms with Crippen molar-refractivity contribution in [2.75, 3.05) is 5.32 Å². The topological polar surface area (TPSA) is 75.6 Å². The molecule has 0 spiro atoms. The van der Waals surface area contributed by atoms with Gasteiger partial charge < -0.3 is 14.9 Å². The number of nitrogens with zero attached hydrogens (tertiary/aromatic N) is 3. The third-order valence-corrected chi connectivity index (χ3v) is 6.30. The number of anilines is 1. The number of benzene rings is 1. The zero-order valence-electron chi connectivity index (χ0n) is 20.1. The minimum absolute atomic E-state index is 0.0199. The van der Waals surface area contributed by atoms with Crippen molar-refractivity contribution in [1.29, 1.82) is 0 Å². The third-order valence-electron chi connectivity index (χ3n) is 6.30. The number of hydrogen-bond donors (Lipinski definition) is 2. The first-order valence-electron chi connectivity index (χ1n) is 11.5. The van der Waals surface area contributed by atoms with E-state index >= 15 is 0 Å². The van der Waals surface area contributed by atoms with Gasteiger partial charge in [0, 0.05) is 29.8 Å². The standard InChI is InChI=1S/C25H37N5O/c1-8-13-24(4,5)29-20-16-30(7)23(28-20)22-26-18-12-11-17(15-19(18)27-22)21(31)25(6,10-3)14-9-2/h11-12,15-16,29H,8-10,13-14H2,1-7H3,(H,26,27). The molecule has 2 heterocycles. The summed E-state index contributed by atoms with van der Waals surface area (Å²) in [5.41, 5.74) is 2.10. The lowest BCUT2D eigenvalue weighted by Crippen LogP contribution is -2.30. The van der Waals surface area contributed by atoms with Crippen LogP contribution in [0.4, 0.5) is 5.82 Å². The number of aromatic nitrogens is 4. The Labute approximate surface area is 185 Å². The highest BCUT2D eigenvalue weighted by molar-refractivity contribution is 6.02. The lowest BCUT2D eigenvalue weighted by molar-refractivity contribution is 0.0794. The summed E-state index contributed by atoms with van der Waals surface area (Å²) in [6, 6.07) is 5.76. The van der Waals surface area contributed by atoms with E-state index < -0.39 is 0 Å². The van der Waals surface area contributed by atoms with E-state index in [9.17, 15) is 4.79 Å². The fraction of sp³-hybridized carbons (Fsp3) is 0.560. The molecule has 0 aliphatic heterocycles. The van der Waals surface area contributed by atoms with E-state index in [1.807, 2.05) is 36.0 Å². The van der Waals surface area contributed by atoms with Crippen molar-refractivity contribution in [1.82, 2.24) is 19.5 Å². The van der Waals surface area contributed by atoms with E-state index in [-0.39, 0.29) is 16.7 Å². The second-order valence-corrected chi connectivity index (χ2v) is 9.63. The van der Waals surface area contributed by atoms with Crippen LogP contribution in [0, 0.1) is 5.41 Å². The first-order chi connectivity index (χ1) is 14.6. The molecule has 1 unspecified atom stereocenters. The number of H-pyrrole nitrogens is 1. The largest absolute Gasteiger partial charge is 0.364 e. The highest BCUT2D eigenvalue weighted by Gasteiger charge is 2.31. The number of carbonyl (C=O) groups is 1. The van der Waals surface area contributed by atoms with Crippen LogP contribution in [0.1, 0.15) is 84.0 Å². The molecule has 0 saturated heterocycles. The maximum atomic E-state index is 13.2. The van der Waals surface area contributed by atoms with Gasteiger partial charge in [0.25, 0.3) is 0 Å². The Morgan fingerprint density at radius 1 is 1.10 bits per heavy atom. The maximum Gasteiger partial charge on any atom is 0.178 e. The number of carbonyl (C=O) groups excluding carboxylic acids is 1. The maximum absolute atomic E-state index is 13.2. The second-order valence-electron chi connectivity index (χ2n) is 9.63. The molecule has 6 nitrogen and oxygen atoms in total. The molecule has 31 heavy (non-hydrogen) atoms. The Morgan fingerprint density at radius 2 is 1.81 bits per heavy atom. The molecular weight excluding hydrogens is 386 g/mol. The monoisotopic (exact) mass is 423 g/mol. The number of Topliss-reactive ketones (excluding diaryl/α,β-unsaturated/α-hetero) is 1. The Balaban J connectivity index is 1.91. The molecule has 2 N–H and O–H groups in total. The summed E-state index contributed by atoms with van der Waals surface area (Å²) in [4.78, 5) is 26.1. The van der Waals surface area contributed by atoms with Gasteiger partial charge in [0.15, 0.2) is 17.4 Å². The zero-order valence-corrected chi connectivity index (χ0v) is 20.1. The lowest BCUT2D eigenvalue weighted by atomic mass is 9.76. The lowest BCUT2D eigenvalue weighted by Gasteiger charge is -2.26. The van der Waals surface area contributed by atoms with Crippen LogP contribution in [0.25, 0.3) is 22.7 Å². The molecule has 0 aliphatic rings. The van der Waals surface area contributed by atoms with E-state index in [1.54, 1.807) is 0 Å². The highest BCUT2D eigenvalue weighted by Crippen LogP contribution is 2.33. The first-order valence-corrected chi connectivity index (χ1v) is 11.5. The normalized spacial score (nSPS) is 14.0. The number of nitrogens with one attached hydrogen (secondary N) is 2. The molecule has 0 radical (unpaired) electrons. The molecule has 6 heteroatoms. The molecule has 3 rings (SSSR count). The van der Waals surface area contributed by atoms with E-state index in [0.717, 1.165) is 60.3 Å². The molecule has 0 amide bonds. The Kier molecular flexibility index (Phi) is 6.58. The van der Waals surface area contributed by atoms with E-state index in [4.69, 9.17) is 9.97 Å². The summed E-state index contributed by atoms with van der Waals surface area (Å²) in [5.74, 6) is 2.51. The van der Waals surface area contributed by atoms with E-state index in [2.05, 4.69) is 51.8 Å². The van der Waals surface area contributed by atoms with Crippen molar-refractivity contribution >= 4 is 22.6 Å². The van der Waals surface area contributed by atoms with Crippen molar-refractivity contribution < 1.29 is 4.79 Å². The molecule has 0 saturated carbocycles. The Hall–Kier alpha value is -2.63. The molecule has 1 atom stereocenters. The van der Waals surface area contributed by atoms with Gasteiger partial charge in [0.1, 0.15) is 5.82 Å². The van der Waals surface area contributed by atoms with Gasteiger partial charge in [0.2, 0.25) is 0 Å². The third kappa shape index (κ3) is 4.83. The Morgan fingerprint density at radius 3 is 2.45 bits per heavy atom. The summed E-state index contributed by atoms with van der Waals surface area (Å²) >= 11 is 0. The molecule has 3 aromatic rings. The quantitative estimate of drug-likeness (QED) is 0.372. The van der Waals surface area contributed by atoms with E-state index in [1.165, 1.54) is 0 Å². The van der Waals surface area contributed by atoms with Crippen molar-refractivity contribution in [2.45, 2.75) is 79.2 Å². The predicted octanol–water partition coefficient (Wildman–Crippen LogP) is 6.35. The molecule has 0 aliphatic carbocycles. The zero-order chi connectivity index (χ0) is 22.8. The van der Waals surface area contributed by atoms with Crippen molar-refractivity contribution in [3.63, 3.8) is 0 Å². The highest BCUT2D eigenvalue weighted by atomic mass is 16.1. The number of hydrogen-bond acceptors (Lipinski definition) is 4. The van der Waals surface area contributed by atoms with E-state index in [0.29, 0.717) is 5.82 Å². The van der Waals surface area contributed by atoms with Crippen LogP contribution in [0.2, 0.25) is 0 Å². The predicted molar refractivity (Wildman–Crippen MR) is 129 cm³/mol. The van der Waals surface area contributed by atoms with Crippen LogP contribution in [0.15, 0.2) is 24.4 Å². The van der Waals surface area contributed by atoms with Crippen molar-refractivity contribution in [2.24, 2.45) is 12.5 Å². The van der Waals surface area contributed by atoms with Gasteiger partial charge in [-0.15, -0.1) is 0 Å². The molecule has 0 bridgehead atoms. The van der Waals surface area contributed by atoms with Gasteiger partial charge in [-0.25, -0.2) is 9.97 Å². The van der Waals surface area contributed by atoms with Crippen LogP contribution in [0.3, 0.4) is 0 Å². The van der Waals surface area contributed by atoms with Crippen LogP contribution in [-0.2, 0) is 7.05 Å². The van der Waals surface area contributed by atoms with Crippen molar-refractivity contribution in [3.8, 4) is 11.6 Å². The van der Waals surface area contributed by atoms with Gasteiger partial charge in [-0.1, -0.05) is 40.5 Å². The SMILES string of the molecule is CCCC(C)(C)Nc1cn(C)c(-c2nc3ccc(C(=O)C(C)(CC)CCC)cc3[nH]2)n1. The number of imidazole rings is 2. The molecule has 2 aromatic heterocycles. The average Bonchev–Trinajstić information content (AvgIpc) is 3.28. The smallest absolute Gasteiger partial charge is 0.178 e. The van der Waals surface area contributed by atoms with Crippen LogP contribution >= 0.6 is 0 Å². The van der Waals surface area contributed by atoms with Gasteiger partial charge in [0.05, 0.1) is 11.0 Å². The summed E-state index contributed by atoms with van der Waals surface area (Å²) in [5, 5.41) is 3.52. The van der Waals surface area contributed by atoms with Gasteiger partial charge in [-0.2, -0.15) is 0 Å².